The Balaban J connectivity index is 1.46. The summed E-state index contributed by atoms with van der Waals surface area (Å²) in [4.78, 5) is 14.6. The third kappa shape index (κ3) is 2.02. The summed E-state index contributed by atoms with van der Waals surface area (Å²) in [6.45, 7) is 2.80. The van der Waals surface area contributed by atoms with Crippen molar-refractivity contribution in [2.75, 3.05) is 13.7 Å². The fourth-order valence-electron chi connectivity index (χ4n) is 4.22. The van der Waals surface area contributed by atoms with Crippen LogP contribution in [0.15, 0.2) is 10.6 Å². The van der Waals surface area contributed by atoms with Crippen molar-refractivity contribution in [3.63, 3.8) is 0 Å². The molecule has 1 spiro atoms. The van der Waals surface area contributed by atoms with Crippen LogP contribution in [0.5, 0.6) is 0 Å². The van der Waals surface area contributed by atoms with Crippen LogP contribution in [0.4, 0.5) is 0 Å². The van der Waals surface area contributed by atoms with E-state index in [2.05, 4.69) is 5.16 Å². The fourth-order valence-corrected chi connectivity index (χ4v) is 4.22. The Morgan fingerprint density at radius 2 is 2.27 bits per heavy atom. The highest BCUT2D eigenvalue weighted by Gasteiger charge is 2.61. The molecule has 0 N–H and O–H groups in total. The molecule has 4 rings (SSSR count). The molecular formula is C17H24N2O3. The predicted molar refractivity (Wildman–Crippen MR) is 80.7 cm³/mol. The number of hydrogen-bond acceptors (Lipinski definition) is 4. The molecular weight excluding hydrogens is 280 g/mol. The van der Waals surface area contributed by atoms with Gasteiger partial charge in [-0.15, -0.1) is 0 Å². The lowest BCUT2D eigenvalue weighted by molar-refractivity contribution is -0.192. The zero-order chi connectivity index (χ0) is 15.3. The van der Waals surface area contributed by atoms with Gasteiger partial charge in [0.25, 0.3) is 5.91 Å². The smallest absolute Gasteiger partial charge is 0.276 e. The van der Waals surface area contributed by atoms with Gasteiger partial charge in [0.2, 0.25) is 0 Å². The van der Waals surface area contributed by atoms with E-state index in [4.69, 9.17) is 9.26 Å². The summed E-state index contributed by atoms with van der Waals surface area (Å²) in [6, 6.07) is 2.12. The Kier molecular flexibility index (Phi) is 3.29. The van der Waals surface area contributed by atoms with Gasteiger partial charge in [0.1, 0.15) is 5.76 Å². The van der Waals surface area contributed by atoms with Gasteiger partial charge in [-0.05, 0) is 39.0 Å². The highest BCUT2D eigenvalue weighted by molar-refractivity contribution is 5.92. The largest absolute Gasteiger partial charge is 0.378 e. The predicted octanol–water partition coefficient (Wildman–Crippen LogP) is 2.97. The van der Waals surface area contributed by atoms with Gasteiger partial charge < -0.3 is 14.2 Å². The Morgan fingerprint density at radius 1 is 1.50 bits per heavy atom. The van der Waals surface area contributed by atoms with Gasteiger partial charge in [-0.3, -0.25) is 4.79 Å². The number of aromatic nitrogens is 1. The zero-order valence-electron chi connectivity index (χ0n) is 13.4. The van der Waals surface area contributed by atoms with E-state index < -0.39 is 0 Å². The number of ether oxygens (including phenoxy) is 1. The van der Waals surface area contributed by atoms with Gasteiger partial charge in [0.15, 0.2) is 5.69 Å². The van der Waals surface area contributed by atoms with E-state index in [0.717, 1.165) is 31.6 Å². The molecule has 1 aromatic rings. The number of hydrogen-bond donors (Lipinski definition) is 0. The molecule has 5 nitrogen and oxygen atoms in total. The summed E-state index contributed by atoms with van der Waals surface area (Å²) in [6.07, 6.45) is 7.17. The van der Waals surface area contributed by atoms with Crippen molar-refractivity contribution in [2.24, 2.45) is 5.41 Å². The third-order valence-electron chi connectivity index (χ3n) is 5.91. The van der Waals surface area contributed by atoms with E-state index in [-0.39, 0.29) is 17.4 Å². The van der Waals surface area contributed by atoms with Crippen molar-refractivity contribution in [3.05, 3.63) is 17.5 Å². The number of rotatable bonds is 5. The van der Waals surface area contributed by atoms with Crippen molar-refractivity contribution in [1.82, 2.24) is 10.1 Å². The molecule has 0 saturated heterocycles. The summed E-state index contributed by atoms with van der Waals surface area (Å²) in [7, 11) is 1.90. The first-order valence-corrected chi connectivity index (χ1v) is 8.51. The van der Waals surface area contributed by atoms with E-state index in [1.807, 2.05) is 24.9 Å². The standard InChI is InChI=1S/C17H24N2O3/c1-3-21-15-10-14(17(15)7-4-8-17)19(2)16(20)12-9-13(22-18-12)11-5-6-11/h9,11,14-15H,3-8,10H2,1-2H3/t14-,15-/m0/s1. The monoisotopic (exact) mass is 304 g/mol. The Labute approximate surface area is 131 Å². The minimum Gasteiger partial charge on any atom is -0.378 e. The van der Waals surface area contributed by atoms with Crippen molar-refractivity contribution in [2.45, 2.75) is 63.5 Å². The molecule has 0 aliphatic heterocycles. The average molecular weight is 304 g/mol. The minimum absolute atomic E-state index is 0.0122. The normalized spacial score (nSPS) is 29.0. The molecule has 3 aliphatic carbocycles. The molecule has 3 fully saturated rings. The van der Waals surface area contributed by atoms with Gasteiger partial charge in [-0.25, -0.2) is 0 Å². The number of nitrogens with zero attached hydrogens (tertiary/aromatic N) is 2. The van der Waals surface area contributed by atoms with Crippen molar-refractivity contribution >= 4 is 5.91 Å². The second-order valence-electron chi connectivity index (χ2n) is 7.09. The van der Waals surface area contributed by atoms with E-state index in [1.165, 1.54) is 19.3 Å². The van der Waals surface area contributed by atoms with Crippen LogP contribution in [0.25, 0.3) is 0 Å². The molecule has 0 radical (unpaired) electrons. The molecule has 1 aromatic heterocycles. The Hall–Kier alpha value is -1.36. The summed E-state index contributed by atoms with van der Waals surface area (Å²) < 4.78 is 11.2. The Bertz CT molecular complexity index is 574. The molecule has 0 bridgehead atoms. The molecule has 22 heavy (non-hydrogen) atoms. The van der Waals surface area contributed by atoms with Gasteiger partial charge in [-0.2, -0.15) is 0 Å². The second kappa shape index (κ2) is 5.08. The lowest BCUT2D eigenvalue weighted by Gasteiger charge is -2.63. The van der Waals surface area contributed by atoms with E-state index in [0.29, 0.717) is 17.7 Å². The van der Waals surface area contributed by atoms with Crippen LogP contribution >= 0.6 is 0 Å². The molecule has 120 valence electrons. The SMILES string of the molecule is CCO[C@H]1C[C@H](N(C)C(=O)c2cc(C3CC3)on2)C12CCC2. The maximum Gasteiger partial charge on any atom is 0.276 e. The summed E-state index contributed by atoms with van der Waals surface area (Å²) >= 11 is 0. The van der Waals surface area contributed by atoms with Crippen LogP contribution in [-0.2, 0) is 4.74 Å². The van der Waals surface area contributed by atoms with Crippen LogP contribution in [0.2, 0.25) is 0 Å². The number of carbonyl (C=O) groups is 1. The van der Waals surface area contributed by atoms with Crippen LogP contribution in [0.1, 0.15) is 67.6 Å². The fraction of sp³-hybridized carbons (Fsp3) is 0.765. The maximum atomic E-state index is 12.7. The third-order valence-corrected chi connectivity index (χ3v) is 5.91. The first-order chi connectivity index (χ1) is 10.7. The highest BCUT2D eigenvalue weighted by Crippen LogP contribution is 2.59. The van der Waals surface area contributed by atoms with Crippen LogP contribution in [0.3, 0.4) is 0 Å². The molecule has 2 atom stereocenters. The van der Waals surface area contributed by atoms with Crippen molar-refractivity contribution in [1.29, 1.82) is 0 Å². The number of amides is 1. The average Bonchev–Trinajstić information content (AvgIpc) is 3.17. The Morgan fingerprint density at radius 3 is 2.86 bits per heavy atom. The minimum atomic E-state index is -0.0122. The van der Waals surface area contributed by atoms with Crippen LogP contribution in [0, 0.1) is 5.41 Å². The molecule has 0 unspecified atom stereocenters. The van der Waals surface area contributed by atoms with Crippen molar-refractivity contribution in [3.8, 4) is 0 Å². The summed E-state index contributed by atoms with van der Waals surface area (Å²) in [5.41, 5.74) is 0.655. The lowest BCUT2D eigenvalue weighted by Crippen LogP contribution is -2.67. The van der Waals surface area contributed by atoms with Gasteiger partial charge >= 0.3 is 0 Å². The van der Waals surface area contributed by atoms with E-state index in [9.17, 15) is 4.79 Å². The highest BCUT2D eigenvalue weighted by atomic mass is 16.5. The topological polar surface area (TPSA) is 55.6 Å². The van der Waals surface area contributed by atoms with Crippen molar-refractivity contribution < 1.29 is 14.1 Å². The molecule has 3 aliphatic rings. The zero-order valence-corrected chi connectivity index (χ0v) is 13.4. The summed E-state index contributed by atoms with van der Waals surface area (Å²) in [5, 5.41) is 3.99. The second-order valence-corrected chi connectivity index (χ2v) is 7.09. The molecule has 0 aromatic carbocycles. The first kappa shape index (κ1) is 14.2. The van der Waals surface area contributed by atoms with Gasteiger partial charge in [0, 0.05) is 37.1 Å². The molecule has 1 heterocycles. The molecule has 1 amide bonds. The van der Waals surface area contributed by atoms with Gasteiger partial charge in [0.05, 0.1) is 6.10 Å². The molecule has 5 heteroatoms. The first-order valence-electron chi connectivity index (χ1n) is 8.51. The van der Waals surface area contributed by atoms with E-state index in [1.54, 1.807) is 0 Å². The lowest BCUT2D eigenvalue weighted by atomic mass is 9.50. The molecule has 3 saturated carbocycles. The van der Waals surface area contributed by atoms with E-state index >= 15 is 0 Å². The summed E-state index contributed by atoms with van der Waals surface area (Å²) in [5.74, 6) is 1.35. The number of carbonyl (C=O) groups excluding carboxylic acids is 1. The maximum absolute atomic E-state index is 12.7. The van der Waals surface area contributed by atoms with Crippen LogP contribution < -0.4 is 0 Å². The van der Waals surface area contributed by atoms with Crippen LogP contribution in [-0.4, -0.2) is 41.8 Å². The van der Waals surface area contributed by atoms with Gasteiger partial charge in [-0.1, -0.05) is 11.6 Å². The quantitative estimate of drug-likeness (QED) is 0.839.